The van der Waals surface area contributed by atoms with Gasteiger partial charge in [-0.3, -0.25) is 4.79 Å². The quantitative estimate of drug-likeness (QED) is 0.807. The van der Waals surface area contributed by atoms with Gasteiger partial charge in [0.2, 0.25) is 0 Å². The summed E-state index contributed by atoms with van der Waals surface area (Å²) in [7, 11) is 0. The van der Waals surface area contributed by atoms with Crippen LogP contribution in [0.25, 0.3) is 0 Å². The molecule has 0 spiro atoms. The summed E-state index contributed by atoms with van der Waals surface area (Å²) in [6.45, 7) is 6.66. The molecule has 3 rings (SSSR count). The van der Waals surface area contributed by atoms with Gasteiger partial charge in [0.1, 0.15) is 0 Å². The molecule has 20 heavy (non-hydrogen) atoms. The molecule has 0 N–H and O–H groups in total. The van der Waals surface area contributed by atoms with Gasteiger partial charge in [-0.25, -0.2) is 0 Å². The predicted molar refractivity (Wildman–Crippen MR) is 83.7 cm³/mol. The number of carbonyl (C=O) groups excluding carboxylic acids is 1. The molecule has 3 heteroatoms. The van der Waals surface area contributed by atoms with Crippen molar-refractivity contribution < 1.29 is 4.79 Å². The molecule has 0 fully saturated rings. The van der Waals surface area contributed by atoms with E-state index in [0.29, 0.717) is 24.2 Å². The summed E-state index contributed by atoms with van der Waals surface area (Å²) in [5, 5.41) is 2.14. The minimum Gasteiger partial charge on any atom is -0.340 e. The van der Waals surface area contributed by atoms with Crippen molar-refractivity contribution >= 4 is 17.1 Å². The molecule has 0 saturated carbocycles. The van der Waals surface area contributed by atoms with Gasteiger partial charge in [-0.2, -0.15) is 0 Å². The van der Waals surface area contributed by atoms with Gasteiger partial charge in [0.05, 0.1) is 6.04 Å². The van der Waals surface area contributed by atoms with E-state index in [1.165, 1.54) is 16.3 Å². The van der Waals surface area contributed by atoms with Crippen LogP contribution in [0.2, 0.25) is 0 Å². The Hall–Kier alpha value is -1.35. The van der Waals surface area contributed by atoms with E-state index in [1.807, 2.05) is 11.3 Å². The lowest BCUT2D eigenvalue weighted by atomic mass is 9.95. The SMILES string of the molecule is Cc1cc2c(n1C(c1cccs1)C(C)C)CCCC2=O. The third kappa shape index (κ3) is 2.14. The van der Waals surface area contributed by atoms with Crippen LogP contribution < -0.4 is 0 Å². The first-order valence-electron chi connectivity index (χ1n) is 7.37. The molecule has 0 bridgehead atoms. The largest absolute Gasteiger partial charge is 0.340 e. The lowest BCUT2D eigenvalue weighted by molar-refractivity contribution is 0.0971. The van der Waals surface area contributed by atoms with Gasteiger partial charge in [0.25, 0.3) is 0 Å². The second-order valence-corrected chi connectivity index (χ2v) is 6.98. The van der Waals surface area contributed by atoms with E-state index >= 15 is 0 Å². The molecule has 2 heterocycles. The maximum absolute atomic E-state index is 12.1. The molecule has 2 nitrogen and oxygen atoms in total. The van der Waals surface area contributed by atoms with Crippen molar-refractivity contribution in [2.45, 2.75) is 46.1 Å². The molecule has 0 radical (unpaired) electrons. The number of hydrogen-bond acceptors (Lipinski definition) is 2. The average Bonchev–Trinajstić information content (AvgIpc) is 3.01. The molecular weight excluding hydrogens is 266 g/mol. The fourth-order valence-corrected chi connectivity index (χ4v) is 4.34. The summed E-state index contributed by atoms with van der Waals surface area (Å²) in [5.41, 5.74) is 3.44. The molecule has 0 saturated heterocycles. The molecule has 1 aliphatic carbocycles. The Kier molecular flexibility index (Phi) is 3.55. The van der Waals surface area contributed by atoms with Crippen LogP contribution in [-0.4, -0.2) is 10.4 Å². The minimum atomic E-state index is 0.321. The Morgan fingerprint density at radius 3 is 2.75 bits per heavy atom. The summed E-state index contributed by atoms with van der Waals surface area (Å²) >= 11 is 1.81. The highest BCUT2D eigenvalue weighted by atomic mass is 32.1. The Morgan fingerprint density at radius 1 is 1.30 bits per heavy atom. The first-order valence-corrected chi connectivity index (χ1v) is 8.25. The molecule has 1 atom stereocenters. The third-order valence-corrected chi connectivity index (χ3v) is 5.14. The van der Waals surface area contributed by atoms with Gasteiger partial charge in [-0.15, -0.1) is 11.3 Å². The second kappa shape index (κ2) is 5.21. The predicted octanol–water partition coefficient (Wildman–Crippen LogP) is 4.62. The van der Waals surface area contributed by atoms with E-state index in [1.54, 1.807) is 0 Å². The number of fused-ring (bicyclic) bond motifs is 1. The fourth-order valence-electron chi connectivity index (χ4n) is 3.35. The van der Waals surface area contributed by atoms with Crippen LogP contribution >= 0.6 is 11.3 Å². The molecule has 0 amide bonds. The maximum atomic E-state index is 12.1. The topological polar surface area (TPSA) is 22.0 Å². The Labute approximate surface area is 124 Å². The van der Waals surface area contributed by atoms with Gasteiger partial charge in [-0.05, 0) is 43.2 Å². The number of aromatic nitrogens is 1. The van der Waals surface area contributed by atoms with Gasteiger partial charge in [0, 0.05) is 28.2 Å². The average molecular weight is 287 g/mol. The van der Waals surface area contributed by atoms with Crippen LogP contribution in [0.4, 0.5) is 0 Å². The molecular formula is C17H21NOS. The van der Waals surface area contributed by atoms with Crippen molar-refractivity contribution in [1.82, 2.24) is 4.57 Å². The van der Waals surface area contributed by atoms with E-state index in [0.717, 1.165) is 18.4 Å². The Morgan fingerprint density at radius 2 is 2.10 bits per heavy atom. The van der Waals surface area contributed by atoms with Crippen LogP contribution in [0.3, 0.4) is 0 Å². The molecule has 2 aromatic heterocycles. The van der Waals surface area contributed by atoms with Crippen LogP contribution in [0.5, 0.6) is 0 Å². The van der Waals surface area contributed by atoms with Crippen LogP contribution in [0, 0.1) is 12.8 Å². The van der Waals surface area contributed by atoms with Gasteiger partial charge in [0.15, 0.2) is 5.78 Å². The standard InChI is InChI=1S/C17H21NOS/c1-11(2)17(16-8-5-9-20-16)18-12(3)10-13-14(18)6-4-7-15(13)19/h5,8-11,17H,4,6-7H2,1-3H3. The minimum absolute atomic E-state index is 0.321. The smallest absolute Gasteiger partial charge is 0.164 e. The second-order valence-electron chi connectivity index (χ2n) is 6.00. The number of nitrogens with zero attached hydrogens (tertiary/aromatic N) is 1. The third-order valence-electron chi connectivity index (χ3n) is 4.20. The summed E-state index contributed by atoms with van der Waals surface area (Å²) in [5.74, 6) is 0.836. The van der Waals surface area contributed by atoms with Gasteiger partial charge < -0.3 is 4.57 Å². The van der Waals surface area contributed by atoms with E-state index in [4.69, 9.17) is 0 Å². The monoisotopic (exact) mass is 287 g/mol. The van der Waals surface area contributed by atoms with Crippen molar-refractivity contribution in [1.29, 1.82) is 0 Å². The van der Waals surface area contributed by atoms with Crippen molar-refractivity contribution in [2.24, 2.45) is 5.92 Å². The molecule has 1 unspecified atom stereocenters. The lowest BCUT2D eigenvalue weighted by Gasteiger charge is -2.27. The first-order chi connectivity index (χ1) is 9.59. The van der Waals surface area contributed by atoms with E-state index in [-0.39, 0.29) is 0 Å². The number of rotatable bonds is 3. The van der Waals surface area contributed by atoms with Crippen molar-refractivity contribution in [3.63, 3.8) is 0 Å². The number of thiophene rings is 1. The summed E-state index contributed by atoms with van der Waals surface area (Å²) in [6.07, 6.45) is 2.73. The molecule has 1 aliphatic rings. The highest BCUT2D eigenvalue weighted by Crippen LogP contribution is 2.36. The molecule has 2 aromatic rings. The number of aryl methyl sites for hydroxylation is 1. The maximum Gasteiger partial charge on any atom is 0.164 e. The zero-order chi connectivity index (χ0) is 14.3. The summed E-state index contributed by atoms with van der Waals surface area (Å²) < 4.78 is 2.42. The zero-order valence-corrected chi connectivity index (χ0v) is 13.2. The van der Waals surface area contributed by atoms with Crippen molar-refractivity contribution in [3.8, 4) is 0 Å². The number of ketones is 1. The zero-order valence-electron chi connectivity index (χ0n) is 12.3. The fraction of sp³-hybridized carbons (Fsp3) is 0.471. The number of Topliss-reactive ketones (excluding diaryl/α,β-unsaturated/α-hetero) is 1. The normalized spacial score (nSPS) is 16.5. The van der Waals surface area contributed by atoms with E-state index < -0.39 is 0 Å². The summed E-state index contributed by atoms with van der Waals surface area (Å²) in [6, 6.07) is 6.78. The lowest BCUT2D eigenvalue weighted by Crippen LogP contribution is -2.21. The number of carbonyl (C=O) groups is 1. The Bertz CT molecular complexity index is 622. The van der Waals surface area contributed by atoms with Crippen molar-refractivity contribution in [3.05, 3.63) is 45.4 Å². The van der Waals surface area contributed by atoms with Crippen LogP contribution in [0.1, 0.15) is 59.4 Å². The first kappa shape index (κ1) is 13.6. The molecule has 106 valence electrons. The van der Waals surface area contributed by atoms with Crippen molar-refractivity contribution in [2.75, 3.05) is 0 Å². The van der Waals surface area contributed by atoms with Crippen LogP contribution in [-0.2, 0) is 6.42 Å². The van der Waals surface area contributed by atoms with Crippen LogP contribution in [0.15, 0.2) is 23.6 Å². The van der Waals surface area contributed by atoms with Gasteiger partial charge >= 0.3 is 0 Å². The van der Waals surface area contributed by atoms with Gasteiger partial charge in [-0.1, -0.05) is 19.9 Å². The summed E-state index contributed by atoms with van der Waals surface area (Å²) in [4.78, 5) is 13.5. The molecule has 0 aromatic carbocycles. The highest BCUT2D eigenvalue weighted by Gasteiger charge is 2.28. The highest BCUT2D eigenvalue weighted by molar-refractivity contribution is 7.10. The van der Waals surface area contributed by atoms with E-state index in [2.05, 4.69) is 48.9 Å². The molecule has 0 aliphatic heterocycles. The Balaban J connectivity index is 2.15. The van der Waals surface area contributed by atoms with E-state index in [9.17, 15) is 4.79 Å². The number of hydrogen-bond donors (Lipinski definition) is 0.